The standard InChI is InChI=1S/C17H17F3N2O6S/c1-27-15-9-11(14(22(23)24)10-16(15)28-2)7-8-21-29(25,26)13-5-3-12(4-6-13)17(18,19)20/h3-6,9-10,21H,7-8H2,1-2H3. The molecule has 29 heavy (non-hydrogen) atoms. The number of hydrogen-bond donors (Lipinski definition) is 1. The van der Waals surface area contributed by atoms with Crippen molar-refractivity contribution in [2.24, 2.45) is 0 Å². The molecule has 0 aliphatic carbocycles. The van der Waals surface area contributed by atoms with Crippen LogP contribution in [-0.4, -0.2) is 34.1 Å². The molecule has 8 nitrogen and oxygen atoms in total. The Balaban J connectivity index is 2.17. The highest BCUT2D eigenvalue weighted by molar-refractivity contribution is 7.89. The van der Waals surface area contributed by atoms with E-state index in [2.05, 4.69) is 4.72 Å². The maximum Gasteiger partial charge on any atom is 0.416 e. The van der Waals surface area contributed by atoms with E-state index < -0.39 is 26.7 Å². The molecule has 0 heterocycles. The summed E-state index contributed by atoms with van der Waals surface area (Å²) in [7, 11) is -1.43. The first-order chi connectivity index (χ1) is 13.5. The highest BCUT2D eigenvalue weighted by Gasteiger charge is 2.30. The first kappa shape index (κ1) is 22.4. The van der Waals surface area contributed by atoms with Gasteiger partial charge in [-0.25, -0.2) is 13.1 Å². The number of methoxy groups -OCH3 is 2. The van der Waals surface area contributed by atoms with Crippen molar-refractivity contribution in [3.05, 3.63) is 57.6 Å². The zero-order valence-electron chi connectivity index (χ0n) is 15.3. The van der Waals surface area contributed by atoms with E-state index >= 15 is 0 Å². The normalized spacial score (nSPS) is 11.9. The minimum atomic E-state index is -4.58. The lowest BCUT2D eigenvalue weighted by molar-refractivity contribution is -0.385. The zero-order chi connectivity index (χ0) is 21.8. The Morgan fingerprint density at radius 1 is 1.07 bits per heavy atom. The Morgan fingerprint density at radius 2 is 1.62 bits per heavy atom. The third kappa shape index (κ3) is 5.35. The number of ether oxygens (including phenoxy) is 2. The molecule has 0 aliphatic rings. The van der Waals surface area contributed by atoms with Crippen LogP contribution in [0.1, 0.15) is 11.1 Å². The molecule has 2 aromatic carbocycles. The first-order valence-corrected chi connectivity index (χ1v) is 9.54. The molecule has 0 spiro atoms. The summed E-state index contributed by atoms with van der Waals surface area (Å²) in [5.74, 6) is 0.381. The van der Waals surface area contributed by atoms with Crippen LogP contribution in [0.5, 0.6) is 11.5 Å². The second kappa shape index (κ2) is 8.66. The lowest BCUT2D eigenvalue weighted by Gasteiger charge is -2.12. The van der Waals surface area contributed by atoms with Crippen LogP contribution in [0, 0.1) is 10.1 Å². The highest BCUT2D eigenvalue weighted by atomic mass is 32.2. The van der Waals surface area contributed by atoms with Gasteiger partial charge in [-0.05, 0) is 36.8 Å². The van der Waals surface area contributed by atoms with Gasteiger partial charge in [-0.3, -0.25) is 10.1 Å². The van der Waals surface area contributed by atoms with Crippen molar-refractivity contribution in [3.63, 3.8) is 0 Å². The fraction of sp³-hybridized carbons (Fsp3) is 0.294. The van der Waals surface area contributed by atoms with Crippen LogP contribution in [0.4, 0.5) is 18.9 Å². The number of hydrogen-bond acceptors (Lipinski definition) is 6. The van der Waals surface area contributed by atoms with Crippen molar-refractivity contribution < 1.29 is 36.0 Å². The summed E-state index contributed by atoms with van der Waals surface area (Å²) in [4.78, 5) is 10.3. The van der Waals surface area contributed by atoms with E-state index in [0.717, 1.165) is 12.1 Å². The van der Waals surface area contributed by atoms with E-state index in [0.29, 0.717) is 12.1 Å². The Bertz CT molecular complexity index is 991. The summed E-state index contributed by atoms with van der Waals surface area (Å²) in [5.41, 5.74) is -1.06. The van der Waals surface area contributed by atoms with E-state index in [1.807, 2.05) is 0 Å². The predicted molar refractivity (Wildman–Crippen MR) is 96.5 cm³/mol. The van der Waals surface area contributed by atoms with Gasteiger partial charge in [0.15, 0.2) is 11.5 Å². The van der Waals surface area contributed by atoms with Crippen LogP contribution >= 0.6 is 0 Å². The van der Waals surface area contributed by atoms with E-state index in [4.69, 9.17) is 9.47 Å². The summed E-state index contributed by atoms with van der Waals surface area (Å²) >= 11 is 0. The minimum Gasteiger partial charge on any atom is -0.493 e. The number of halogens is 3. The van der Waals surface area contributed by atoms with Gasteiger partial charge in [0, 0.05) is 12.1 Å². The van der Waals surface area contributed by atoms with Gasteiger partial charge in [-0.2, -0.15) is 13.2 Å². The number of nitrogens with zero attached hydrogens (tertiary/aromatic N) is 1. The van der Waals surface area contributed by atoms with Crippen molar-refractivity contribution in [2.75, 3.05) is 20.8 Å². The Labute approximate surface area is 164 Å². The average Bonchev–Trinajstić information content (AvgIpc) is 2.66. The van der Waals surface area contributed by atoms with Crippen molar-refractivity contribution in [1.29, 1.82) is 0 Å². The first-order valence-electron chi connectivity index (χ1n) is 8.06. The molecule has 0 fully saturated rings. The quantitative estimate of drug-likeness (QED) is 0.505. The second-order valence-electron chi connectivity index (χ2n) is 5.76. The van der Waals surface area contributed by atoms with E-state index in [1.54, 1.807) is 0 Å². The molecule has 2 rings (SSSR count). The van der Waals surface area contributed by atoms with Crippen molar-refractivity contribution in [2.45, 2.75) is 17.5 Å². The fourth-order valence-corrected chi connectivity index (χ4v) is 3.54. The number of alkyl halides is 3. The van der Waals surface area contributed by atoms with Crippen molar-refractivity contribution >= 4 is 15.7 Å². The van der Waals surface area contributed by atoms with Crippen LogP contribution in [0.15, 0.2) is 41.3 Å². The van der Waals surface area contributed by atoms with Gasteiger partial charge >= 0.3 is 6.18 Å². The van der Waals surface area contributed by atoms with Gasteiger partial charge < -0.3 is 9.47 Å². The second-order valence-corrected chi connectivity index (χ2v) is 7.53. The van der Waals surface area contributed by atoms with Gasteiger partial charge in [0.05, 0.1) is 35.7 Å². The van der Waals surface area contributed by atoms with Crippen LogP contribution < -0.4 is 14.2 Å². The molecular weight excluding hydrogens is 417 g/mol. The van der Waals surface area contributed by atoms with Crippen LogP contribution in [-0.2, 0) is 22.6 Å². The van der Waals surface area contributed by atoms with Gasteiger partial charge in [-0.1, -0.05) is 0 Å². The molecule has 0 unspecified atom stereocenters. The minimum absolute atomic E-state index is 0.0590. The molecule has 1 N–H and O–H groups in total. The molecule has 0 bridgehead atoms. The number of sulfonamides is 1. The summed E-state index contributed by atoms with van der Waals surface area (Å²) in [6.07, 6.45) is -4.64. The van der Waals surface area contributed by atoms with Gasteiger partial charge in [0.25, 0.3) is 5.69 Å². The summed E-state index contributed by atoms with van der Waals surface area (Å²) < 4.78 is 74.6. The lowest BCUT2D eigenvalue weighted by atomic mass is 10.1. The summed E-state index contributed by atoms with van der Waals surface area (Å²) in [6, 6.07) is 5.53. The Hall–Kier alpha value is -2.86. The Kier molecular flexibility index (Phi) is 6.69. The zero-order valence-corrected chi connectivity index (χ0v) is 16.1. The average molecular weight is 434 g/mol. The molecule has 0 radical (unpaired) electrons. The smallest absolute Gasteiger partial charge is 0.416 e. The van der Waals surface area contributed by atoms with Gasteiger partial charge in [-0.15, -0.1) is 0 Å². The molecule has 0 saturated carbocycles. The molecule has 0 aromatic heterocycles. The van der Waals surface area contributed by atoms with Crippen LogP contribution in [0.3, 0.4) is 0 Å². The predicted octanol–water partition coefficient (Wildman–Crippen LogP) is 3.15. The largest absolute Gasteiger partial charge is 0.493 e. The van der Waals surface area contributed by atoms with E-state index in [1.165, 1.54) is 26.4 Å². The lowest BCUT2D eigenvalue weighted by Crippen LogP contribution is -2.26. The highest BCUT2D eigenvalue weighted by Crippen LogP contribution is 2.34. The molecule has 0 aliphatic heterocycles. The van der Waals surface area contributed by atoms with Crippen molar-refractivity contribution in [1.82, 2.24) is 4.72 Å². The SMILES string of the molecule is COc1cc(CCNS(=O)(=O)c2ccc(C(F)(F)F)cc2)c([N+](=O)[O-])cc1OC. The third-order valence-electron chi connectivity index (χ3n) is 3.96. The number of nitro groups is 1. The monoisotopic (exact) mass is 434 g/mol. The summed E-state index contributed by atoms with van der Waals surface area (Å²) in [5, 5.41) is 11.3. The van der Waals surface area contributed by atoms with Gasteiger partial charge in [0.1, 0.15) is 0 Å². The Morgan fingerprint density at radius 3 is 2.10 bits per heavy atom. The molecule has 12 heteroatoms. The molecule has 158 valence electrons. The van der Waals surface area contributed by atoms with Crippen LogP contribution in [0.2, 0.25) is 0 Å². The number of nitro benzene ring substituents is 1. The topological polar surface area (TPSA) is 108 Å². The van der Waals surface area contributed by atoms with Crippen LogP contribution in [0.25, 0.3) is 0 Å². The number of nitrogens with one attached hydrogen (secondary N) is 1. The number of benzene rings is 2. The maximum atomic E-state index is 12.6. The fourth-order valence-electron chi connectivity index (χ4n) is 2.51. The molecular formula is C17H17F3N2O6S. The molecule has 0 atom stereocenters. The molecule has 0 saturated heterocycles. The van der Waals surface area contributed by atoms with E-state index in [-0.39, 0.29) is 40.6 Å². The van der Waals surface area contributed by atoms with Gasteiger partial charge in [0.2, 0.25) is 10.0 Å². The maximum absolute atomic E-state index is 12.6. The summed E-state index contributed by atoms with van der Waals surface area (Å²) in [6.45, 7) is -0.223. The van der Waals surface area contributed by atoms with Crippen molar-refractivity contribution in [3.8, 4) is 11.5 Å². The van der Waals surface area contributed by atoms with E-state index in [9.17, 15) is 31.7 Å². The number of rotatable bonds is 8. The molecule has 2 aromatic rings. The molecule has 0 amide bonds. The third-order valence-corrected chi connectivity index (χ3v) is 5.44.